The summed E-state index contributed by atoms with van der Waals surface area (Å²) in [4.78, 5) is 17.0. The van der Waals surface area contributed by atoms with Crippen LogP contribution in [-0.4, -0.2) is 43.9 Å². The van der Waals surface area contributed by atoms with Gasteiger partial charge in [-0.1, -0.05) is 18.2 Å². The zero-order valence-corrected chi connectivity index (χ0v) is 15.1. The average molecular weight is 342 g/mol. The lowest BCUT2D eigenvalue weighted by Gasteiger charge is -2.27. The molecule has 3 rings (SSSR count). The normalized spacial score (nSPS) is 20.8. The van der Waals surface area contributed by atoms with E-state index in [4.69, 9.17) is 9.47 Å². The maximum Gasteiger partial charge on any atom is 0.228 e. The molecule has 2 heterocycles. The van der Waals surface area contributed by atoms with E-state index in [2.05, 4.69) is 22.4 Å². The summed E-state index contributed by atoms with van der Waals surface area (Å²) in [6.07, 6.45) is 2.71. The maximum absolute atomic E-state index is 12.6. The largest absolute Gasteiger partial charge is 0.384 e. The number of methoxy groups -OCH3 is 1. The molecule has 0 bridgehead atoms. The Balaban J connectivity index is 1.72. The van der Waals surface area contributed by atoms with Crippen molar-refractivity contribution in [3.05, 3.63) is 42.1 Å². The molecule has 2 aromatic rings. The van der Waals surface area contributed by atoms with Crippen LogP contribution in [0.5, 0.6) is 0 Å². The van der Waals surface area contributed by atoms with E-state index in [1.165, 1.54) is 10.9 Å². The highest BCUT2D eigenvalue weighted by molar-refractivity contribution is 5.83. The monoisotopic (exact) mass is 342 g/mol. The summed E-state index contributed by atoms with van der Waals surface area (Å²) in [5.41, 5.74) is 1.70. The summed E-state index contributed by atoms with van der Waals surface area (Å²) < 4.78 is 10.8. The molecule has 5 nitrogen and oxygen atoms in total. The van der Waals surface area contributed by atoms with Crippen molar-refractivity contribution >= 4 is 16.8 Å². The van der Waals surface area contributed by atoms with E-state index in [9.17, 15) is 4.79 Å². The van der Waals surface area contributed by atoms with Gasteiger partial charge in [0.1, 0.15) is 0 Å². The predicted molar refractivity (Wildman–Crippen MR) is 97.3 cm³/mol. The van der Waals surface area contributed by atoms with Crippen molar-refractivity contribution in [1.29, 1.82) is 0 Å². The number of carbonyl (C=O) groups excluding carboxylic acids is 1. The molecule has 1 amide bonds. The minimum atomic E-state index is -0.550. The van der Waals surface area contributed by atoms with Crippen LogP contribution in [0.1, 0.15) is 19.4 Å². The number of aromatic nitrogens is 1. The highest BCUT2D eigenvalue weighted by atomic mass is 16.5. The molecule has 0 aliphatic carbocycles. The first-order chi connectivity index (χ1) is 12.0. The molecule has 1 aliphatic heterocycles. The lowest BCUT2D eigenvalue weighted by molar-refractivity contribution is -0.132. The number of para-hydroxylation sites is 1. The molecule has 1 saturated heterocycles. The zero-order valence-electron chi connectivity index (χ0n) is 15.1. The van der Waals surface area contributed by atoms with E-state index in [-0.39, 0.29) is 17.9 Å². The Morgan fingerprint density at radius 2 is 2.12 bits per heavy atom. The smallest absolute Gasteiger partial charge is 0.228 e. The zero-order chi connectivity index (χ0) is 17.9. The van der Waals surface area contributed by atoms with Crippen molar-refractivity contribution in [3.63, 3.8) is 0 Å². The SMILES string of the molecule is COCC(C)(C)C(=O)N[C@@H]1COC[C@H]1Cc1ccnc2ccccc12. The van der Waals surface area contributed by atoms with E-state index < -0.39 is 5.41 Å². The molecule has 134 valence electrons. The topological polar surface area (TPSA) is 60.5 Å². The fourth-order valence-corrected chi connectivity index (χ4v) is 3.37. The minimum absolute atomic E-state index is 0.00874. The Kier molecular flexibility index (Phi) is 5.35. The van der Waals surface area contributed by atoms with E-state index in [1.54, 1.807) is 7.11 Å². The Hall–Kier alpha value is -1.98. The standard InChI is InChI=1S/C20H26N2O3/c1-20(2,13-24-3)19(23)22-18-12-25-11-15(18)10-14-8-9-21-17-7-5-4-6-16(14)17/h4-9,15,18H,10-13H2,1-3H3,(H,22,23)/t15-,18-/m1/s1. The van der Waals surface area contributed by atoms with Crippen LogP contribution >= 0.6 is 0 Å². The fourth-order valence-electron chi connectivity index (χ4n) is 3.37. The maximum atomic E-state index is 12.6. The summed E-state index contributed by atoms with van der Waals surface area (Å²) in [6, 6.07) is 10.2. The van der Waals surface area contributed by atoms with Crippen molar-refractivity contribution < 1.29 is 14.3 Å². The van der Waals surface area contributed by atoms with Crippen LogP contribution in [0.25, 0.3) is 10.9 Å². The van der Waals surface area contributed by atoms with Crippen molar-refractivity contribution in [1.82, 2.24) is 10.3 Å². The summed E-state index contributed by atoms with van der Waals surface area (Å²) in [7, 11) is 1.62. The minimum Gasteiger partial charge on any atom is -0.384 e. The van der Waals surface area contributed by atoms with Crippen molar-refractivity contribution in [2.24, 2.45) is 11.3 Å². The van der Waals surface area contributed by atoms with Gasteiger partial charge >= 0.3 is 0 Å². The summed E-state index contributed by atoms with van der Waals surface area (Å²) >= 11 is 0. The van der Waals surface area contributed by atoms with E-state index in [1.807, 2.05) is 38.2 Å². The Bertz CT molecular complexity index is 739. The first-order valence-electron chi connectivity index (χ1n) is 8.71. The molecular weight excluding hydrogens is 316 g/mol. The van der Waals surface area contributed by atoms with Crippen LogP contribution in [-0.2, 0) is 20.7 Å². The number of pyridine rings is 1. The van der Waals surface area contributed by atoms with Gasteiger partial charge in [0.05, 0.1) is 36.8 Å². The van der Waals surface area contributed by atoms with Gasteiger partial charge in [-0.2, -0.15) is 0 Å². The molecule has 1 aliphatic rings. The number of amides is 1. The second-order valence-electron chi connectivity index (χ2n) is 7.39. The molecule has 2 atom stereocenters. The Morgan fingerprint density at radius 3 is 2.92 bits per heavy atom. The molecule has 25 heavy (non-hydrogen) atoms. The van der Waals surface area contributed by atoms with Crippen LogP contribution in [0.4, 0.5) is 0 Å². The van der Waals surface area contributed by atoms with Gasteiger partial charge in [-0.05, 0) is 38.0 Å². The molecular formula is C20H26N2O3. The number of rotatable bonds is 6. The second-order valence-corrected chi connectivity index (χ2v) is 7.39. The lowest BCUT2D eigenvalue weighted by Crippen LogP contribution is -2.47. The van der Waals surface area contributed by atoms with Gasteiger partial charge in [-0.15, -0.1) is 0 Å². The number of carbonyl (C=O) groups is 1. The van der Waals surface area contributed by atoms with Gasteiger partial charge in [0.25, 0.3) is 0 Å². The van der Waals surface area contributed by atoms with Gasteiger partial charge in [0, 0.05) is 24.6 Å². The number of fused-ring (bicyclic) bond motifs is 1. The van der Waals surface area contributed by atoms with Crippen LogP contribution in [0.15, 0.2) is 36.5 Å². The summed E-state index contributed by atoms with van der Waals surface area (Å²) in [5.74, 6) is 0.266. The molecule has 0 saturated carbocycles. The highest BCUT2D eigenvalue weighted by Crippen LogP contribution is 2.25. The van der Waals surface area contributed by atoms with Crippen LogP contribution in [0.2, 0.25) is 0 Å². The predicted octanol–water partition coefficient (Wildman–Crippen LogP) is 2.58. The Labute approximate surface area is 148 Å². The molecule has 1 N–H and O–H groups in total. The third-order valence-electron chi connectivity index (χ3n) is 4.86. The first-order valence-corrected chi connectivity index (χ1v) is 8.71. The molecule has 1 aromatic carbocycles. The summed E-state index contributed by atoms with van der Waals surface area (Å²) in [6.45, 7) is 5.40. The van der Waals surface area contributed by atoms with Gasteiger partial charge in [-0.25, -0.2) is 0 Å². The highest BCUT2D eigenvalue weighted by Gasteiger charge is 2.35. The number of hydrogen-bond donors (Lipinski definition) is 1. The third kappa shape index (κ3) is 3.99. The molecule has 1 fully saturated rings. The fraction of sp³-hybridized carbons (Fsp3) is 0.500. The second kappa shape index (κ2) is 7.50. The van der Waals surface area contributed by atoms with Gasteiger partial charge < -0.3 is 14.8 Å². The molecule has 0 unspecified atom stereocenters. The van der Waals surface area contributed by atoms with Crippen molar-refractivity contribution in [3.8, 4) is 0 Å². The van der Waals surface area contributed by atoms with Crippen LogP contribution in [0, 0.1) is 11.3 Å². The van der Waals surface area contributed by atoms with Gasteiger partial charge in [0.2, 0.25) is 5.91 Å². The van der Waals surface area contributed by atoms with E-state index in [0.717, 1.165) is 11.9 Å². The number of nitrogens with one attached hydrogen (secondary N) is 1. The summed E-state index contributed by atoms with van der Waals surface area (Å²) in [5, 5.41) is 4.33. The van der Waals surface area contributed by atoms with Gasteiger partial charge in [0.15, 0.2) is 0 Å². The van der Waals surface area contributed by atoms with Crippen LogP contribution in [0.3, 0.4) is 0 Å². The van der Waals surface area contributed by atoms with E-state index >= 15 is 0 Å². The van der Waals surface area contributed by atoms with Crippen molar-refractivity contribution in [2.75, 3.05) is 26.9 Å². The van der Waals surface area contributed by atoms with Crippen LogP contribution < -0.4 is 5.32 Å². The van der Waals surface area contributed by atoms with Gasteiger partial charge in [-0.3, -0.25) is 9.78 Å². The van der Waals surface area contributed by atoms with Crippen molar-refractivity contribution in [2.45, 2.75) is 26.3 Å². The van der Waals surface area contributed by atoms with E-state index in [0.29, 0.717) is 19.8 Å². The number of hydrogen-bond acceptors (Lipinski definition) is 4. The average Bonchev–Trinajstić information content (AvgIpc) is 3.02. The number of ether oxygens (including phenoxy) is 2. The molecule has 1 aromatic heterocycles. The first kappa shape index (κ1) is 17.8. The molecule has 5 heteroatoms. The Morgan fingerprint density at radius 1 is 1.32 bits per heavy atom. The third-order valence-corrected chi connectivity index (χ3v) is 4.86. The molecule has 0 spiro atoms. The lowest BCUT2D eigenvalue weighted by atomic mass is 9.90. The number of nitrogens with zero attached hydrogens (tertiary/aromatic N) is 1. The quantitative estimate of drug-likeness (QED) is 0.876. The number of benzene rings is 1. The molecule has 0 radical (unpaired) electrons.